The third-order valence-electron chi connectivity index (χ3n) is 3.27. The van der Waals surface area contributed by atoms with E-state index in [1.807, 2.05) is 6.07 Å². The predicted octanol–water partition coefficient (Wildman–Crippen LogP) is 3.40. The van der Waals surface area contributed by atoms with E-state index in [2.05, 4.69) is 21.2 Å². The fraction of sp³-hybridized carbons (Fsp3) is 0.462. The Morgan fingerprint density at radius 1 is 1.50 bits per heavy atom. The molecule has 1 amide bonds. The van der Waals surface area contributed by atoms with E-state index in [-0.39, 0.29) is 18.1 Å². The van der Waals surface area contributed by atoms with Gasteiger partial charge in [0.05, 0.1) is 22.7 Å². The van der Waals surface area contributed by atoms with Crippen LogP contribution in [0.4, 0.5) is 0 Å². The van der Waals surface area contributed by atoms with E-state index in [4.69, 9.17) is 16.3 Å². The number of ether oxygens (including phenoxy) is 1. The number of nitrogens with one attached hydrogen (secondary N) is 1. The van der Waals surface area contributed by atoms with Gasteiger partial charge < -0.3 is 10.1 Å². The molecule has 1 saturated carbocycles. The summed E-state index contributed by atoms with van der Waals surface area (Å²) in [5.41, 5.74) is 0.493. The van der Waals surface area contributed by atoms with Crippen LogP contribution in [0.1, 0.15) is 29.6 Å². The van der Waals surface area contributed by atoms with Crippen molar-refractivity contribution in [3.8, 4) is 0 Å². The molecule has 3 nitrogen and oxygen atoms in total. The number of methoxy groups -OCH3 is 1. The van der Waals surface area contributed by atoms with E-state index in [1.54, 1.807) is 19.2 Å². The van der Waals surface area contributed by atoms with Gasteiger partial charge in [-0.25, -0.2) is 0 Å². The van der Waals surface area contributed by atoms with Crippen LogP contribution in [0, 0.1) is 0 Å². The van der Waals surface area contributed by atoms with Crippen LogP contribution in [0.15, 0.2) is 22.7 Å². The minimum Gasteiger partial charge on any atom is -0.379 e. The fourth-order valence-corrected chi connectivity index (χ4v) is 2.88. The van der Waals surface area contributed by atoms with Crippen molar-refractivity contribution in [1.82, 2.24) is 5.32 Å². The molecule has 0 saturated heterocycles. The van der Waals surface area contributed by atoms with Crippen molar-refractivity contribution < 1.29 is 9.53 Å². The molecule has 98 valence electrons. The fourth-order valence-electron chi connectivity index (χ4n) is 2.30. The minimum atomic E-state index is -0.143. The lowest BCUT2D eigenvalue weighted by atomic mass is 10.1. The maximum absolute atomic E-state index is 12.2. The van der Waals surface area contributed by atoms with Crippen molar-refractivity contribution in [2.24, 2.45) is 0 Å². The second kappa shape index (κ2) is 6.04. The first-order chi connectivity index (χ1) is 8.63. The molecule has 1 fully saturated rings. The van der Waals surface area contributed by atoms with Gasteiger partial charge in [0, 0.05) is 11.6 Å². The van der Waals surface area contributed by atoms with Crippen molar-refractivity contribution >= 4 is 33.4 Å². The topological polar surface area (TPSA) is 38.3 Å². The van der Waals surface area contributed by atoms with Crippen LogP contribution in [0.2, 0.25) is 5.02 Å². The highest BCUT2D eigenvalue weighted by atomic mass is 79.9. The number of hydrogen-bond donors (Lipinski definition) is 1. The van der Waals surface area contributed by atoms with Crippen molar-refractivity contribution in [2.45, 2.75) is 31.4 Å². The number of halogens is 2. The first-order valence-corrected chi connectivity index (χ1v) is 7.08. The van der Waals surface area contributed by atoms with E-state index < -0.39 is 0 Å². The smallest absolute Gasteiger partial charge is 0.253 e. The molecule has 0 radical (unpaired) electrons. The molecule has 1 aliphatic rings. The third kappa shape index (κ3) is 2.87. The molecule has 18 heavy (non-hydrogen) atoms. The van der Waals surface area contributed by atoms with Crippen molar-refractivity contribution in [3.63, 3.8) is 0 Å². The van der Waals surface area contributed by atoms with Crippen molar-refractivity contribution in [3.05, 3.63) is 33.3 Å². The highest BCUT2D eigenvalue weighted by Gasteiger charge is 2.29. The van der Waals surface area contributed by atoms with Gasteiger partial charge in [-0.05, 0) is 47.3 Å². The van der Waals surface area contributed by atoms with E-state index in [9.17, 15) is 4.79 Å². The van der Waals surface area contributed by atoms with Crippen LogP contribution in [-0.2, 0) is 4.74 Å². The molecule has 2 rings (SSSR count). The maximum Gasteiger partial charge on any atom is 0.253 e. The van der Waals surface area contributed by atoms with Crippen molar-refractivity contribution in [1.29, 1.82) is 0 Å². The van der Waals surface area contributed by atoms with Crippen LogP contribution >= 0.6 is 27.5 Å². The Morgan fingerprint density at radius 3 is 3.00 bits per heavy atom. The summed E-state index contributed by atoms with van der Waals surface area (Å²) in [6.07, 6.45) is 3.14. The molecule has 0 spiro atoms. The molecular formula is C13H15BrClNO2. The van der Waals surface area contributed by atoms with Gasteiger partial charge in [-0.2, -0.15) is 0 Å². The Hall–Kier alpha value is -0.580. The van der Waals surface area contributed by atoms with Crippen LogP contribution in [0.5, 0.6) is 0 Å². The summed E-state index contributed by atoms with van der Waals surface area (Å²) < 4.78 is 6.09. The molecule has 2 unspecified atom stereocenters. The van der Waals surface area contributed by atoms with Gasteiger partial charge in [0.25, 0.3) is 5.91 Å². The molecule has 1 N–H and O–H groups in total. The third-order valence-corrected chi connectivity index (χ3v) is 4.56. The Kier molecular flexibility index (Phi) is 4.65. The molecule has 0 heterocycles. The largest absolute Gasteiger partial charge is 0.379 e. The molecule has 0 aromatic heterocycles. The standard InChI is InChI=1S/C13H15BrClNO2/c1-18-11-7-3-6-10(11)16-13(17)8-4-2-5-9(14)12(8)15/h2,4-5,10-11H,3,6-7H2,1H3,(H,16,17). The van der Waals surface area contributed by atoms with Crippen molar-refractivity contribution in [2.75, 3.05) is 7.11 Å². The number of benzene rings is 1. The lowest BCUT2D eigenvalue weighted by Gasteiger charge is -2.20. The SMILES string of the molecule is COC1CCCC1NC(=O)c1cccc(Br)c1Cl. The van der Waals surface area contributed by atoms with Gasteiger partial charge in [0.15, 0.2) is 0 Å². The highest BCUT2D eigenvalue weighted by molar-refractivity contribution is 9.10. The summed E-state index contributed by atoms with van der Waals surface area (Å²) in [5.74, 6) is -0.143. The molecule has 0 aliphatic heterocycles. The Bertz CT molecular complexity index is 453. The van der Waals surface area contributed by atoms with Gasteiger partial charge in [-0.15, -0.1) is 0 Å². The van der Waals surface area contributed by atoms with Gasteiger partial charge >= 0.3 is 0 Å². The molecule has 2 atom stereocenters. The lowest BCUT2D eigenvalue weighted by molar-refractivity contribution is 0.0722. The van der Waals surface area contributed by atoms with Gasteiger partial charge in [-0.3, -0.25) is 4.79 Å². The molecule has 1 aromatic carbocycles. The average Bonchev–Trinajstić information content (AvgIpc) is 2.79. The predicted molar refractivity (Wildman–Crippen MR) is 75.1 cm³/mol. The summed E-state index contributed by atoms with van der Waals surface area (Å²) in [5, 5.41) is 3.44. The summed E-state index contributed by atoms with van der Waals surface area (Å²) in [7, 11) is 1.68. The summed E-state index contributed by atoms with van der Waals surface area (Å²) in [6.45, 7) is 0. The minimum absolute atomic E-state index is 0.0811. The van der Waals surface area contributed by atoms with E-state index in [1.165, 1.54) is 0 Å². The second-order valence-corrected chi connectivity index (χ2v) is 5.62. The van der Waals surface area contributed by atoms with Gasteiger partial charge in [0.2, 0.25) is 0 Å². The quantitative estimate of drug-likeness (QED) is 0.921. The van der Waals surface area contributed by atoms with Crippen LogP contribution < -0.4 is 5.32 Å². The zero-order chi connectivity index (χ0) is 13.1. The van der Waals surface area contributed by atoms with Gasteiger partial charge in [0.1, 0.15) is 0 Å². The molecule has 0 bridgehead atoms. The summed E-state index contributed by atoms with van der Waals surface area (Å²) in [6, 6.07) is 5.41. The first-order valence-electron chi connectivity index (χ1n) is 5.91. The number of rotatable bonds is 3. The van der Waals surface area contributed by atoms with E-state index in [0.29, 0.717) is 10.6 Å². The number of carbonyl (C=O) groups excluding carboxylic acids is 1. The maximum atomic E-state index is 12.2. The zero-order valence-electron chi connectivity index (χ0n) is 10.1. The monoisotopic (exact) mass is 331 g/mol. The lowest BCUT2D eigenvalue weighted by Crippen LogP contribution is -2.40. The highest BCUT2D eigenvalue weighted by Crippen LogP contribution is 2.27. The normalized spacial score (nSPS) is 23.1. The van der Waals surface area contributed by atoms with Gasteiger partial charge in [-0.1, -0.05) is 17.7 Å². The number of hydrogen-bond acceptors (Lipinski definition) is 2. The number of carbonyl (C=O) groups is 1. The van der Waals surface area contributed by atoms with E-state index in [0.717, 1.165) is 23.7 Å². The van der Waals surface area contributed by atoms with Crippen LogP contribution in [0.3, 0.4) is 0 Å². The Morgan fingerprint density at radius 2 is 2.28 bits per heavy atom. The summed E-state index contributed by atoms with van der Waals surface area (Å²) >= 11 is 9.42. The molecule has 1 aromatic rings. The number of amides is 1. The van der Waals surface area contributed by atoms with E-state index >= 15 is 0 Å². The summed E-state index contributed by atoms with van der Waals surface area (Å²) in [4.78, 5) is 12.2. The Labute approximate surface area is 120 Å². The molecule has 1 aliphatic carbocycles. The molecular weight excluding hydrogens is 318 g/mol. The zero-order valence-corrected chi connectivity index (χ0v) is 12.4. The van der Waals surface area contributed by atoms with Crippen LogP contribution in [-0.4, -0.2) is 25.2 Å². The molecule has 5 heteroatoms. The Balaban J connectivity index is 2.10. The van der Waals surface area contributed by atoms with Crippen LogP contribution in [0.25, 0.3) is 0 Å². The second-order valence-electron chi connectivity index (χ2n) is 4.39. The first kappa shape index (κ1) is 13.8. The average molecular weight is 333 g/mol.